The lowest BCUT2D eigenvalue weighted by Crippen LogP contribution is -2.28. The first-order valence-electron chi connectivity index (χ1n) is 7.39. The first-order chi connectivity index (χ1) is 10.1. The first-order valence-corrected chi connectivity index (χ1v) is 7.39. The van der Waals surface area contributed by atoms with Crippen molar-refractivity contribution in [2.45, 2.75) is 44.8 Å². The Balaban J connectivity index is 1.74. The van der Waals surface area contributed by atoms with Gasteiger partial charge in [-0.2, -0.15) is 0 Å². The van der Waals surface area contributed by atoms with Gasteiger partial charge in [-0.3, -0.25) is 0 Å². The summed E-state index contributed by atoms with van der Waals surface area (Å²) in [5.41, 5.74) is 10.7. The molecule has 0 amide bonds. The molecule has 0 unspecified atom stereocenters. The Morgan fingerprint density at radius 2 is 2.05 bits per heavy atom. The van der Waals surface area contributed by atoms with Crippen molar-refractivity contribution < 1.29 is 9.63 Å². The van der Waals surface area contributed by atoms with E-state index in [1.165, 1.54) is 0 Å². The van der Waals surface area contributed by atoms with Crippen LogP contribution in [0.4, 0.5) is 11.4 Å². The van der Waals surface area contributed by atoms with Gasteiger partial charge >= 0.3 is 0 Å². The Hall–Kier alpha value is -2.01. The number of aliphatic hydroxyl groups is 1. The van der Waals surface area contributed by atoms with Crippen molar-refractivity contribution in [1.29, 1.82) is 0 Å². The maximum absolute atomic E-state index is 9.55. The van der Waals surface area contributed by atoms with Crippen LogP contribution in [0.2, 0.25) is 0 Å². The minimum Gasteiger partial charge on any atom is -0.397 e. The normalized spacial score (nSPS) is 22.2. The van der Waals surface area contributed by atoms with Crippen LogP contribution in [0.3, 0.4) is 0 Å². The smallest absolute Gasteiger partial charge is 0.131 e. The number of anilines is 2. The molecular formula is C16H21N3O2. The van der Waals surface area contributed by atoms with Crippen molar-refractivity contribution in [3.05, 3.63) is 30.2 Å². The Kier molecular flexibility index (Phi) is 3.84. The highest BCUT2D eigenvalue weighted by molar-refractivity contribution is 5.76. The van der Waals surface area contributed by atoms with Crippen molar-refractivity contribution in [3.8, 4) is 11.1 Å². The molecule has 0 saturated heterocycles. The summed E-state index contributed by atoms with van der Waals surface area (Å²) in [6, 6.07) is 6.36. The third kappa shape index (κ3) is 3.03. The summed E-state index contributed by atoms with van der Waals surface area (Å²) in [4.78, 5) is 0. The predicted molar refractivity (Wildman–Crippen MR) is 83.0 cm³/mol. The number of nitrogen functional groups attached to an aromatic ring is 1. The molecule has 1 aromatic carbocycles. The van der Waals surface area contributed by atoms with E-state index in [1.807, 2.05) is 25.1 Å². The van der Waals surface area contributed by atoms with E-state index in [1.54, 1.807) is 6.26 Å². The Bertz CT molecular complexity index is 616. The molecule has 1 aromatic heterocycles. The minimum absolute atomic E-state index is 0.140. The number of hydrogen-bond acceptors (Lipinski definition) is 5. The van der Waals surface area contributed by atoms with Crippen LogP contribution < -0.4 is 11.1 Å². The summed E-state index contributed by atoms with van der Waals surface area (Å²) in [7, 11) is 0. The minimum atomic E-state index is -0.140. The molecule has 3 rings (SSSR count). The molecule has 21 heavy (non-hydrogen) atoms. The van der Waals surface area contributed by atoms with Crippen molar-refractivity contribution in [3.63, 3.8) is 0 Å². The van der Waals surface area contributed by atoms with Crippen LogP contribution >= 0.6 is 0 Å². The Labute approximate surface area is 124 Å². The summed E-state index contributed by atoms with van der Waals surface area (Å²) in [5.74, 6) is 0. The summed E-state index contributed by atoms with van der Waals surface area (Å²) in [5, 5.41) is 16.9. The number of aromatic nitrogens is 1. The second kappa shape index (κ2) is 5.77. The number of nitrogens with zero attached hydrogens (tertiary/aromatic N) is 1. The summed E-state index contributed by atoms with van der Waals surface area (Å²) in [6.45, 7) is 1.91. The Morgan fingerprint density at radius 3 is 2.67 bits per heavy atom. The van der Waals surface area contributed by atoms with Gasteiger partial charge in [-0.25, -0.2) is 0 Å². The molecule has 0 atom stereocenters. The van der Waals surface area contributed by atoms with Crippen LogP contribution in [-0.2, 0) is 0 Å². The van der Waals surface area contributed by atoms with Gasteiger partial charge in [0.25, 0.3) is 0 Å². The van der Waals surface area contributed by atoms with Crippen LogP contribution in [0, 0.1) is 6.92 Å². The Morgan fingerprint density at radius 1 is 1.29 bits per heavy atom. The lowest BCUT2D eigenvalue weighted by atomic mass is 9.93. The number of nitrogens with two attached hydrogens (primary N) is 1. The maximum Gasteiger partial charge on any atom is 0.131 e. The van der Waals surface area contributed by atoms with Crippen molar-refractivity contribution in [2.24, 2.45) is 0 Å². The molecule has 1 heterocycles. The predicted octanol–water partition coefficient (Wildman–Crippen LogP) is 2.95. The molecule has 0 spiro atoms. The van der Waals surface area contributed by atoms with E-state index >= 15 is 0 Å². The van der Waals surface area contributed by atoms with Crippen LogP contribution in [0.25, 0.3) is 11.1 Å². The second-order valence-electron chi connectivity index (χ2n) is 5.77. The average molecular weight is 287 g/mol. The van der Waals surface area contributed by atoms with Gasteiger partial charge in [0.05, 0.1) is 23.2 Å². The van der Waals surface area contributed by atoms with Gasteiger partial charge in [0.15, 0.2) is 0 Å². The van der Waals surface area contributed by atoms with Gasteiger partial charge in [0.2, 0.25) is 0 Å². The number of benzene rings is 1. The summed E-state index contributed by atoms with van der Waals surface area (Å²) >= 11 is 0. The maximum atomic E-state index is 9.55. The van der Waals surface area contributed by atoms with E-state index in [2.05, 4.69) is 10.5 Å². The van der Waals surface area contributed by atoms with E-state index in [9.17, 15) is 5.11 Å². The zero-order chi connectivity index (χ0) is 14.8. The third-order valence-electron chi connectivity index (χ3n) is 4.17. The number of rotatable bonds is 3. The summed E-state index contributed by atoms with van der Waals surface area (Å²) < 4.78 is 4.97. The molecule has 2 aromatic rings. The molecule has 0 bridgehead atoms. The van der Waals surface area contributed by atoms with Gasteiger partial charge in [0, 0.05) is 11.6 Å². The molecule has 112 valence electrons. The number of nitrogens with one attached hydrogen (secondary N) is 1. The fraction of sp³-hybridized carbons (Fsp3) is 0.438. The lowest BCUT2D eigenvalue weighted by molar-refractivity contribution is 0.126. The van der Waals surface area contributed by atoms with E-state index < -0.39 is 0 Å². The molecule has 1 saturated carbocycles. The SMILES string of the molecule is Cc1nocc1-c1ccc(NC2CCC(O)CC2)c(N)c1. The van der Waals surface area contributed by atoms with E-state index in [4.69, 9.17) is 10.3 Å². The molecule has 0 radical (unpaired) electrons. The van der Waals surface area contributed by atoms with Gasteiger partial charge in [-0.05, 0) is 50.3 Å². The monoisotopic (exact) mass is 287 g/mol. The second-order valence-corrected chi connectivity index (χ2v) is 5.77. The van der Waals surface area contributed by atoms with Crippen LogP contribution in [0.15, 0.2) is 29.0 Å². The highest BCUT2D eigenvalue weighted by atomic mass is 16.5. The largest absolute Gasteiger partial charge is 0.397 e. The first kappa shape index (κ1) is 13.9. The van der Waals surface area contributed by atoms with Gasteiger partial charge in [0.1, 0.15) is 6.26 Å². The zero-order valence-corrected chi connectivity index (χ0v) is 12.2. The van der Waals surface area contributed by atoms with Crippen molar-refractivity contribution in [2.75, 3.05) is 11.1 Å². The highest BCUT2D eigenvalue weighted by Gasteiger charge is 2.19. The number of aryl methyl sites for hydroxylation is 1. The quantitative estimate of drug-likeness (QED) is 0.756. The molecule has 4 N–H and O–H groups in total. The molecule has 1 aliphatic carbocycles. The van der Waals surface area contributed by atoms with Gasteiger partial charge in [-0.15, -0.1) is 0 Å². The topological polar surface area (TPSA) is 84.3 Å². The van der Waals surface area contributed by atoms with Crippen molar-refractivity contribution in [1.82, 2.24) is 5.16 Å². The van der Waals surface area contributed by atoms with Gasteiger partial charge < -0.3 is 20.7 Å². The van der Waals surface area contributed by atoms with Crippen LogP contribution in [0.1, 0.15) is 31.4 Å². The molecule has 5 heteroatoms. The zero-order valence-electron chi connectivity index (χ0n) is 12.2. The van der Waals surface area contributed by atoms with Crippen LogP contribution in [0.5, 0.6) is 0 Å². The standard InChI is InChI=1S/C16H21N3O2/c1-10-14(9-21-19-10)11-2-7-16(15(17)8-11)18-12-3-5-13(20)6-4-12/h2,7-9,12-13,18,20H,3-6,17H2,1H3. The van der Waals surface area contributed by atoms with E-state index in [0.29, 0.717) is 6.04 Å². The molecule has 1 aliphatic rings. The van der Waals surface area contributed by atoms with E-state index in [-0.39, 0.29) is 6.10 Å². The van der Waals surface area contributed by atoms with Crippen molar-refractivity contribution >= 4 is 11.4 Å². The van der Waals surface area contributed by atoms with E-state index in [0.717, 1.165) is 53.9 Å². The average Bonchev–Trinajstić information content (AvgIpc) is 2.90. The molecule has 0 aliphatic heterocycles. The van der Waals surface area contributed by atoms with Gasteiger partial charge in [-0.1, -0.05) is 11.2 Å². The molecule has 1 fully saturated rings. The van der Waals surface area contributed by atoms with Crippen LogP contribution in [-0.4, -0.2) is 22.4 Å². The molecular weight excluding hydrogens is 266 g/mol. The fourth-order valence-corrected chi connectivity index (χ4v) is 2.87. The lowest BCUT2D eigenvalue weighted by Gasteiger charge is -2.27. The highest BCUT2D eigenvalue weighted by Crippen LogP contribution is 2.30. The third-order valence-corrected chi connectivity index (χ3v) is 4.17. The number of hydrogen-bond donors (Lipinski definition) is 3. The number of aliphatic hydroxyl groups excluding tert-OH is 1. The fourth-order valence-electron chi connectivity index (χ4n) is 2.87. The summed E-state index contributed by atoms with van der Waals surface area (Å²) in [6.07, 6.45) is 5.17. The molecule has 5 nitrogen and oxygen atoms in total.